The number of rotatable bonds is 8. The molecular weight excluding hydrogens is 492 g/mol. The zero-order chi connectivity index (χ0) is 26.1. The minimum Gasteiger partial charge on any atom is -0.375 e. The molecule has 186 valence electrons. The van der Waals surface area contributed by atoms with Gasteiger partial charge >= 0.3 is 0 Å². The number of imide groups is 1. The van der Waals surface area contributed by atoms with Crippen molar-refractivity contribution in [3.8, 4) is 0 Å². The topological polar surface area (TPSA) is 121 Å². The Labute approximate surface area is 216 Å². The number of amides is 2. The Hall–Kier alpha value is -4.51. The van der Waals surface area contributed by atoms with Crippen molar-refractivity contribution in [1.82, 2.24) is 9.27 Å². The molecule has 10 nitrogen and oxygen atoms in total. The molecule has 0 saturated heterocycles. The second kappa shape index (κ2) is 9.86. The fraction of sp³-hybridized carbons (Fsp3) is 0.192. The molecule has 1 aliphatic rings. The van der Waals surface area contributed by atoms with Crippen LogP contribution in [0.25, 0.3) is 10.9 Å². The average molecular weight is 515 g/mol. The molecule has 1 aromatic heterocycles. The number of aryl methyl sites for hydroxylation is 1. The van der Waals surface area contributed by atoms with Crippen molar-refractivity contribution in [2.24, 2.45) is 10.2 Å². The third-order valence-corrected chi connectivity index (χ3v) is 7.04. The van der Waals surface area contributed by atoms with E-state index in [9.17, 15) is 19.7 Å². The summed E-state index contributed by atoms with van der Waals surface area (Å²) in [5.41, 5.74) is 4.10. The van der Waals surface area contributed by atoms with Gasteiger partial charge in [0.15, 0.2) is 5.00 Å². The van der Waals surface area contributed by atoms with E-state index in [0.717, 1.165) is 22.8 Å². The molecule has 11 heteroatoms. The maximum absolute atomic E-state index is 12.5. The lowest BCUT2D eigenvalue weighted by Crippen LogP contribution is -2.32. The number of nitro groups is 1. The van der Waals surface area contributed by atoms with E-state index in [0.29, 0.717) is 52.2 Å². The van der Waals surface area contributed by atoms with Gasteiger partial charge in [0.2, 0.25) is 0 Å². The second-order valence-electron chi connectivity index (χ2n) is 8.70. The molecule has 0 atom stereocenters. The predicted molar refractivity (Wildman–Crippen MR) is 141 cm³/mol. The minimum absolute atomic E-state index is 0.0179. The highest BCUT2D eigenvalue weighted by Gasteiger charge is 2.34. The Morgan fingerprint density at radius 3 is 2.43 bits per heavy atom. The van der Waals surface area contributed by atoms with Gasteiger partial charge in [-0.15, -0.1) is 10.2 Å². The number of nitrogens with zero attached hydrogens (tertiary/aromatic N) is 6. The SMILES string of the molecule is Cc1cc(N(C)CCCN2C(=O)c3ccccc3C2=O)ccc1N=Nc1snc2ccc([N+](=O)[O-])cc12. The predicted octanol–water partition coefficient (Wildman–Crippen LogP) is 6.05. The molecule has 2 amide bonds. The maximum Gasteiger partial charge on any atom is 0.270 e. The number of anilines is 1. The first kappa shape index (κ1) is 24.2. The number of hydrogen-bond acceptors (Lipinski definition) is 9. The normalized spacial score (nSPS) is 13.1. The van der Waals surface area contributed by atoms with Crippen LogP contribution in [-0.2, 0) is 0 Å². The van der Waals surface area contributed by atoms with Crippen molar-refractivity contribution >= 4 is 56.3 Å². The first-order valence-corrected chi connectivity index (χ1v) is 12.3. The smallest absolute Gasteiger partial charge is 0.270 e. The van der Waals surface area contributed by atoms with Crippen molar-refractivity contribution in [2.45, 2.75) is 13.3 Å². The van der Waals surface area contributed by atoms with Crippen molar-refractivity contribution in [3.05, 3.63) is 87.5 Å². The van der Waals surface area contributed by atoms with Gasteiger partial charge in [-0.2, -0.15) is 4.37 Å². The third kappa shape index (κ3) is 4.68. The van der Waals surface area contributed by atoms with Crippen LogP contribution in [0.1, 0.15) is 32.7 Å². The Kier molecular flexibility index (Phi) is 6.45. The fourth-order valence-corrected chi connectivity index (χ4v) is 4.91. The van der Waals surface area contributed by atoms with E-state index in [4.69, 9.17) is 0 Å². The number of carbonyl (C=O) groups excluding carboxylic acids is 2. The monoisotopic (exact) mass is 514 g/mol. The van der Waals surface area contributed by atoms with Crippen LogP contribution >= 0.6 is 11.5 Å². The number of non-ortho nitro benzene ring substituents is 1. The Morgan fingerprint density at radius 1 is 1.03 bits per heavy atom. The van der Waals surface area contributed by atoms with Gasteiger partial charge < -0.3 is 4.90 Å². The van der Waals surface area contributed by atoms with Gasteiger partial charge in [0.25, 0.3) is 17.5 Å². The highest BCUT2D eigenvalue weighted by molar-refractivity contribution is 7.11. The number of nitro benzene ring substituents is 1. The molecule has 5 rings (SSSR count). The van der Waals surface area contributed by atoms with Gasteiger partial charge in [0, 0.05) is 43.3 Å². The molecule has 3 aromatic carbocycles. The summed E-state index contributed by atoms with van der Waals surface area (Å²) in [4.78, 5) is 39.1. The molecule has 1 aliphatic heterocycles. The summed E-state index contributed by atoms with van der Waals surface area (Å²) in [6.45, 7) is 2.93. The lowest BCUT2D eigenvalue weighted by molar-refractivity contribution is -0.384. The Morgan fingerprint density at radius 2 is 1.76 bits per heavy atom. The number of hydrogen-bond donors (Lipinski definition) is 0. The van der Waals surface area contributed by atoms with E-state index < -0.39 is 4.92 Å². The van der Waals surface area contributed by atoms with Crippen LogP contribution in [0, 0.1) is 17.0 Å². The van der Waals surface area contributed by atoms with E-state index in [2.05, 4.69) is 19.5 Å². The first-order chi connectivity index (χ1) is 17.8. The molecule has 37 heavy (non-hydrogen) atoms. The highest BCUT2D eigenvalue weighted by atomic mass is 32.1. The van der Waals surface area contributed by atoms with Crippen LogP contribution < -0.4 is 4.90 Å². The van der Waals surface area contributed by atoms with Crippen LogP contribution in [-0.4, -0.2) is 46.1 Å². The van der Waals surface area contributed by atoms with Crippen LogP contribution in [0.15, 0.2) is 70.9 Å². The summed E-state index contributed by atoms with van der Waals surface area (Å²) >= 11 is 1.14. The van der Waals surface area contributed by atoms with Crippen molar-refractivity contribution in [1.29, 1.82) is 0 Å². The molecule has 2 heterocycles. The van der Waals surface area contributed by atoms with Gasteiger partial charge in [0.1, 0.15) is 0 Å². The van der Waals surface area contributed by atoms with Crippen molar-refractivity contribution in [2.75, 3.05) is 25.0 Å². The third-order valence-electron chi connectivity index (χ3n) is 6.27. The van der Waals surface area contributed by atoms with E-state index in [1.54, 1.807) is 30.3 Å². The zero-order valence-electron chi connectivity index (χ0n) is 20.1. The minimum atomic E-state index is -0.447. The van der Waals surface area contributed by atoms with Crippen LogP contribution in [0.2, 0.25) is 0 Å². The number of benzene rings is 3. The van der Waals surface area contributed by atoms with Gasteiger partial charge in [0.05, 0.1) is 27.3 Å². The summed E-state index contributed by atoms with van der Waals surface area (Å²) in [6, 6.07) is 17.2. The van der Waals surface area contributed by atoms with E-state index in [1.165, 1.54) is 17.0 Å². The Balaban J connectivity index is 1.22. The van der Waals surface area contributed by atoms with Gasteiger partial charge in [-0.1, -0.05) is 12.1 Å². The number of carbonyl (C=O) groups is 2. The molecule has 0 unspecified atom stereocenters. The van der Waals surface area contributed by atoms with Crippen LogP contribution in [0.3, 0.4) is 0 Å². The summed E-state index contributed by atoms with van der Waals surface area (Å²) in [7, 11) is 1.95. The molecule has 0 bridgehead atoms. The summed E-state index contributed by atoms with van der Waals surface area (Å²) < 4.78 is 4.28. The standard InChI is InChI=1S/C26H22N6O4S/c1-16-14-17(30(2)12-5-13-31-25(33)19-6-3-4-7-20(19)26(31)34)8-10-22(16)27-28-24-21-15-18(32(35)36)9-11-23(21)29-37-24/h3-4,6-11,14-15H,5,12-13H2,1-2H3. The van der Waals surface area contributed by atoms with Gasteiger partial charge in [-0.3, -0.25) is 24.6 Å². The summed E-state index contributed by atoms with van der Waals surface area (Å²) in [5, 5.41) is 20.8. The number of azo groups is 1. The molecule has 0 fully saturated rings. The quantitative estimate of drug-likeness (QED) is 0.122. The van der Waals surface area contributed by atoms with Crippen LogP contribution in [0.5, 0.6) is 0 Å². The highest BCUT2D eigenvalue weighted by Crippen LogP contribution is 2.35. The molecule has 0 radical (unpaired) electrons. The summed E-state index contributed by atoms with van der Waals surface area (Å²) in [5.74, 6) is -0.478. The maximum atomic E-state index is 12.5. The van der Waals surface area contributed by atoms with E-state index in [-0.39, 0.29) is 17.5 Å². The molecule has 0 saturated carbocycles. The molecule has 0 spiro atoms. The fourth-order valence-electron chi connectivity index (χ4n) is 4.23. The number of aromatic nitrogens is 1. The first-order valence-electron chi connectivity index (χ1n) is 11.6. The van der Waals surface area contributed by atoms with Gasteiger partial charge in [-0.05, 0) is 66.8 Å². The van der Waals surface area contributed by atoms with E-state index in [1.807, 2.05) is 32.2 Å². The van der Waals surface area contributed by atoms with Gasteiger partial charge in [-0.25, -0.2) is 0 Å². The largest absolute Gasteiger partial charge is 0.375 e. The number of fused-ring (bicyclic) bond motifs is 2. The molecule has 0 aliphatic carbocycles. The molecular formula is C26H22N6O4S. The zero-order valence-corrected chi connectivity index (χ0v) is 20.9. The molecule has 0 N–H and O–H groups in total. The molecule has 4 aromatic rings. The van der Waals surface area contributed by atoms with E-state index >= 15 is 0 Å². The average Bonchev–Trinajstić information content (AvgIpc) is 3.41. The lowest BCUT2D eigenvalue weighted by atomic mass is 10.1. The Bertz CT molecular complexity index is 1550. The van der Waals surface area contributed by atoms with Crippen molar-refractivity contribution in [3.63, 3.8) is 0 Å². The second-order valence-corrected chi connectivity index (χ2v) is 9.45. The van der Waals surface area contributed by atoms with Crippen LogP contribution in [0.4, 0.5) is 22.1 Å². The lowest BCUT2D eigenvalue weighted by Gasteiger charge is -2.21. The summed E-state index contributed by atoms with van der Waals surface area (Å²) in [6.07, 6.45) is 0.632. The van der Waals surface area contributed by atoms with Crippen molar-refractivity contribution < 1.29 is 14.5 Å².